The van der Waals surface area contributed by atoms with Crippen LogP contribution in [-0.4, -0.2) is 53.8 Å². The van der Waals surface area contributed by atoms with E-state index < -0.39 is 0 Å². The summed E-state index contributed by atoms with van der Waals surface area (Å²) < 4.78 is 17.7. The van der Waals surface area contributed by atoms with Crippen LogP contribution in [0.15, 0.2) is 66.7 Å². The molecule has 0 amide bonds. The summed E-state index contributed by atoms with van der Waals surface area (Å²) in [4.78, 5) is 44.3. The van der Waals surface area contributed by atoms with E-state index in [1.165, 1.54) is 71.3 Å². The van der Waals surface area contributed by atoms with Gasteiger partial charge in [-0.2, -0.15) is 9.59 Å². The van der Waals surface area contributed by atoms with Gasteiger partial charge in [-0.3, -0.25) is 14.6 Å². The number of hydrogen-bond acceptors (Lipinski definition) is 10. The van der Waals surface area contributed by atoms with Crippen molar-refractivity contribution in [2.24, 2.45) is 39.2 Å². The Morgan fingerprint density at radius 2 is 1.12 bits per heavy atom. The van der Waals surface area contributed by atoms with Crippen LogP contribution in [0.4, 0.5) is 0 Å². The van der Waals surface area contributed by atoms with Gasteiger partial charge in [-0.25, -0.2) is 0 Å². The summed E-state index contributed by atoms with van der Waals surface area (Å²) in [6.45, 7) is 17.3. The molecule has 8 fully saturated rings. The maximum atomic E-state index is 12.3. The third-order valence-corrected chi connectivity index (χ3v) is 18.3. The molecule has 3 N–H and O–H groups in total. The average molecular weight is 1010 g/mol. The Morgan fingerprint density at radius 3 is 1.60 bits per heavy atom. The second kappa shape index (κ2) is 23.9. The van der Waals surface area contributed by atoms with Crippen molar-refractivity contribution in [3.63, 3.8) is 0 Å². The Labute approximate surface area is 436 Å². The van der Waals surface area contributed by atoms with Crippen molar-refractivity contribution in [3.05, 3.63) is 78.0 Å². The summed E-state index contributed by atoms with van der Waals surface area (Å²) in [5, 5.41) is 7.15. The summed E-state index contributed by atoms with van der Waals surface area (Å²) in [5.74, 6) is 3.49. The molecule has 12 rings (SSSR count). The first-order valence-corrected chi connectivity index (χ1v) is 27.0. The van der Waals surface area contributed by atoms with Gasteiger partial charge in [0.2, 0.25) is 0 Å². The lowest BCUT2D eigenvalue weighted by molar-refractivity contribution is -0.191. The van der Waals surface area contributed by atoms with Crippen molar-refractivity contribution >= 4 is 52.5 Å². The number of rotatable bonds is 9. The van der Waals surface area contributed by atoms with Crippen LogP contribution in [0.5, 0.6) is 11.5 Å². The number of aldehydes is 1. The van der Waals surface area contributed by atoms with Crippen LogP contribution in [0, 0.1) is 33.5 Å². The van der Waals surface area contributed by atoms with Crippen molar-refractivity contribution < 1.29 is 33.4 Å². The molecule has 8 saturated carbocycles. The van der Waals surface area contributed by atoms with Gasteiger partial charge in [0, 0.05) is 28.6 Å². The number of carbonyl (C=O) groups is 2. The van der Waals surface area contributed by atoms with Crippen LogP contribution in [0.2, 0.25) is 0 Å². The van der Waals surface area contributed by atoms with E-state index in [1.54, 1.807) is 0 Å². The third kappa shape index (κ3) is 14.5. The van der Waals surface area contributed by atoms with Crippen LogP contribution >= 0.6 is 12.4 Å². The van der Waals surface area contributed by atoms with Crippen molar-refractivity contribution in [2.75, 3.05) is 7.11 Å². The van der Waals surface area contributed by atoms with E-state index in [-0.39, 0.29) is 41.0 Å². The van der Waals surface area contributed by atoms with E-state index in [0.717, 1.165) is 128 Å². The number of benzene rings is 3. The Morgan fingerprint density at radius 1 is 0.667 bits per heavy atom. The number of esters is 1. The highest BCUT2D eigenvalue weighted by molar-refractivity contribution is 5.89. The quantitative estimate of drug-likeness (QED) is 0.123. The van der Waals surface area contributed by atoms with Gasteiger partial charge in [0.25, 0.3) is 0 Å². The van der Waals surface area contributed by atoms with Crippen molar-refractivity contribution in [1.82, 2.24) is 10.3 Å². The van der Waals surface area contributed by atoms with Gasteiger partial charge in [0.15, 0.2) is 0 Å². The lowest BCUT2D eigenvalue weighted by Crippen LogP contribution is -2.56. The number of fused-ring (bicyclic) bond motifs is 8. The number of halogens is 1. The van der Waals surface area contributed by atoms with Crippen LogP contribution in [-0.2, 0) is 25.7 Å². The molecule has 8 aliphatic rings. The Kier molecular flexibility index (Phi) is 18.9. The largest absolute Gasteiger partial charge is 0.490 e. The van der Waals surface area contributed by atoms with Crippen LogP contribution in [0.25, 0.3) is 21.7 Å². The zero-order valence-corrected chi connectivity index (χ0v) is 45.7. The van der Waals surface area contributed by atoms with Crippen molar-refractivity contribution in [3.8, 4) is 11.5 Å². The SMILES string of the molecule is CC(C)(C)C1CCC(Oc2ccc3cc(C=O)ccc3c2)CC1.CC12CCC(N)(CC1)CC2.COC(=O)C12CCC(NCc3ccc4cc(OC5CCC(C(C)(C)C)CC5)ccc4n3)(CC1)CC2.Cl.O=C=O. The summed E-state index contributed by atoms with van der Waals surface area (Å²) in [7, 11) is 1.52. The molecule has 1 heterocycles. The molecular formula is C61H86ClN3O7. The van der Waals surface area contributed by atoms with Gasteiger partial charge in [-0.15, -0.1) is 12.4 Å². The Hall–Kier alpha value is -4.34. The molecule has 0 aliphatic heterocycles. The lowest BCUT2D eigenvalue weighted by Gasteiger charge is -2.52. The maximum Gasteiger partial charge on any atom is 0.373 e. The van der Waals surface area contributed by atoms with Crippen molar-refractivity contribution in [2.45, 2.75) is 207 Å². The number of nitrogens with zero attached hydrogens (tertiary/aromatic N) is 1. The van der Waals surface area contributed by atoms with Crippen LogP contribution in [0.1, 0.15) is 193 Å². The molecule has 11 heteroatoms. The van der Waals surface area contributed by atoms with Crippen LogP contribution in [0.3, 0.4) is 0 Å². The van der Waals surface area contributed by atoms with E-state index in [0.29, 0.717) is 34.0 Å². The minimum atomic E-state index is -0.231. The average Bonchev–Trinajstić information content (AvgIpc) is 3.37. The lowest BCUT2D eigenvalue weighted by atomic mass is 9.57. The second-order valence-electron chi connectivity index (χ2n) is 25.1. The third-order valence-electron chi connectivity index (χ3n) is 18.3. The molecule has 8 aliphatic carbocycles. The molecular weight excluding hydrogens is 922 g/mol. The van der Waals surface area contributed by atoms with E-state index in [2.05, 4.69) is 90.2 Å². The maximum absolute atomic E-state index is 12.3. The first-order chi connectivity index (χ1) is 33.7. The number of pyridine rings is 1. The molecule has 10 nitrogen and oxygen atoms in total. The van der Waals surface area contributed by atoms with Gasteiger partial charge < -0.3 is 25.3 Å². The number of carbonyl (C=O) groups excluding carboxylic acids is 4. The topological polar surface area (TPSA) is 147 Å². The monoisotopic (exact) mass is 1010 g/mol. The Bertz CT molecular complexity index is 2400. The standard InChI is InChI=1S/C30H42N2O3.C21H26O2.C9H17N.CO2.ClH/c1-28(2,3)22-6-9-24(10-7-22)35-25-11-12-26-21(19-25)5-8-23(32-26)20-31-30-16-13-29(14-17-30,15-18-30)27(33)34-4;1-21(2,3)18-7-10-19(11-8-18)23-20-9-6-16-12-15(14-22)4-5-17(16)13-20;1-8-2-5-9(10,6-3-8)7-4-8;2-1-3;/h5,8,11-12,19,22,24,31H,6-7,9-10,13-18,20H2,1-4H3;4-6,9,12-14,18-19H,7-8,10-11H2,1-3H3;2-7,10H2,1H3;;1H. The molecule has 0 atom stereocenters. The molecule has 0 unspecified atom stereocenters. The first-order valence-electron chi connectivity index (χ1n) is 27.0. The minimum Gasteiger partial charge on any atom is -0.490 e. The molecule has 0 saturated heterocycles. The zero-order valence-electron chi connectivity index (χ0n) is 44.9. The number of nitrogens with two attached hydrogens (primary N) is 1. The first kappa shape index (κ1) is 56.9. The second-order valence-corrected chi connectivity index (χ2v) is 25.1. The number of hydrogen-bond donors (Lipinski definition) is 2. The van der Waals surface area contributed by atoms with Gasteiger partial charge in [-0.05, 0) is 210 Å². The fraction of sp³-hybridized carbons (Fsp3) is 0.639. The molecule has 4 bridgehead atoms. The molecule has 394 valence electrons. The molecule has 72 heavy (non-hydrogen) atoms. The molecule has 4 aromatic rings. The van der Waals surface area contributed by atoms with Crippen molar-refractivity contribution in [1.29, 1.82) is 0 Å². The molecule has 1 aromatic heterocycles. The highest BCUT2D eigenvalue weighted by atomic mass is 35.5. The molecule has 0 radical (unpaired) electrons. The fourth-order valence-corrected chi connectivity index (χ4v) is 12.8. The normalized spacial score (nSPS) is 29.6. The van der Waals surface area contributed by atoms with Gasteiger partial charge >= 0.3 is 12.1 Å². The summed E-state index contributed by atoms with van der Waals surface area (Å²) in [6, 6.07) is 22.5. The zero-order chi connectivity index (χ0) is 51.1. The number of ether oxygens (including phenoxy) is 3. The van der Waals surface area contributed by atoms with Gasteiger partial charge in [0.05, 0.1) is 35.9 Å². The highest BCUT2D eigenvalue weighted by Crippen LogP contribution is 2.53. The van der Waals surface area contributed by atoms with E-state index in [9.17, 15) is 9.59 Å². The molecule has 0 spiro atoms. The van der Waals surface area contributed by atoms with Crippen LogP contribution < -0.4 is 20.5 Å². The summed E-state index contributed by atoms with van der Waals surface area (Å²) in [5.41, 5.74) is 10.6. The van der Waals surface area contributed by atoms with Gasteiger partial charge in [-0.1, -0.05) is 72.7 Å². The smallest absolute Gasteiger partial charge is 0.373 e. The number of methoxy groups -OCH3 is 1. The minimum absolute atomic E-state index is 0. The van der Waals surface area contributed by atoms with E-state index in [1.807, 2.05) is 30.3 Å². The predicted octanol–water partition coefficient (Wildman–Crippen LogP) is 14.1. The van der Waals surface area contributed by atoms with E-state index >= 15 is 0 Å². The summed E-state index contributed by atoms with van der Waals surface area (Å²) in [6.07, 6.45) is 25.3. The van der Waals surface area contributed by atoms with Gasteiger partial charge in [0.1, 0.15) is 17.8 Å². The summed E-state index contributed by atoms with van der Waals surface area (Å²) >= 11 is 0. The van der Waals surface area contributed by atoms with E-state index in [4.69, 9.17) is 34.5 Å². The highest BCUT2D eigenvalue weighted by Gasteiger charge is 2.53. The number of aromatic nitrogens is 1. The fourth-order valence-electron chi connectivity index (χ4n) is 12.8. The Balaban J connectivity index is 0.000000195. The number of nitrogens with one attached hydrogen (secondary N) is 1. The molecule has 3 aromatic carbocycles. The predicted molar refractivity (Wildman–Crippen MR) is 289 cm³/mol.